The van der Waals surface area contributed by atoms with E-state index in [4.69, 9.17) is 0 Å². The van der Waals surface area contributed by atoms with Crippen LogP contribution in [0.4, 0.5) is 0 Å². The van der Waals surface area contributed by atoms with Gasteiger partial charge >= 0.3 is 0 Å². The smallest absolute Gasteiger partial charge is 0.220 e. The molecule has 312 valence electrons. The highest BCUT2D eigenvalue weighted by molar-refractivity contribution is 5.76. The summed E-state index contributed by atoms with van der Waals surface area (Å²) in [5.41, 5.74) is 0. The Bertz CT molecular complexity index is 806. The number of amides is 1. The molecule has 3 N–H and O–H groups in total. The Balaban J connectivity index is 3.57. The van der Waals surface area contributed by atoms with Crippen molar-refractivity contribution in [1.82, 2.24) is 5.32 Å². The van der Waals surface area contributed by atoms with Crippen molar-refractivity contribution in [2.75, 3.05) is 6.61 Å². The SMILES string of the molecule is CCCCCCCC/C=C\CCCCCCCCCC(=O)NC(CO)C(O)/C=C/CC/C=C/CCCCCCCCCCCCCCCCCCCC. The van der Waals surface area contributed by atoms with Crippen LogP contribution in [-0.2, 0) is 4.79 Å². The standard InChI is InChI=1S/C49H93NO3/c1-3-5-7-9-11-13-15-17-19-21-22-23-24-25-26-27-29-30-32-34-36-38-40-42-44-48(52)47(46-51)50-49(53)45-43-41-39-37-35-33-31-28-20-18-16-14-12-10-8-6-4-2/h18,20,34,36,42,44,47-48,51-52H,3-17,19,21-33,35,37-41,43,45-46H2,1-2H3,(H,50,53)/b20-18-,36-34+,44-42+. The largest absolute Gasteiger partial charge is 0.394 e. The van der Waals surface area contributed by atoms with Gasteiger partial charge in [0, 0.05) is 6.42 Å². The maximum absolute atomic E-state index is 12.4. The van der Waals surface area contributed by atoms with Gasteiger partial charge in [0.2, 0.25) is 5.91 Å². The van der Waals surface area contributed by atoms with E-state index in [0.717, 1.165) is 32.1 Å². The van der Waals surface area contributed by atoms with Gasteiger partial charge < -0.3 is 15.5 Å². The molecule has 0 aliphatic rings. The molecule has 0 saturated heterocycles. The quantitative estimate of drug-likeness (QED) is 0.0430. The number of unbranched alkanes of at least 4 members (excludes halogenated alkanes) is 32. The number of carbonyl (C=O) groups excluding carboxylic acids is 1. The summed E-state index contributed by atoms with van der Waals surface area (Å²) < 4.78 is 0. The predicted molar refractivity (Wildman–Crippen MR) is 235 cm³/mol. The zero-order valence-electron chi connectivity index (χ0n) is 35.8. The van der Waals surface area contributed by atoms with Crippen molar-refractivity contribution in [2.24, 2.45) is 0 Å². The Kier molecular flexibility index (Phi) is 43.8. The maximum Gasteiger partial charge on any atom is 0.220 e. The zero-order valence-corrected chi connectivity index (χ0v) is 35.8. The molecule has 0 rings (SSSR count). The Morgan fingerprint density at radius 1 is 0.434 bits per heavy atom. The first-order valence-electron chi connectivity index (χ1n) is 23.7. The van der Waals surface area contributed by atoms with E-state index in [-0.39, 0.29) is 12.5 Å². The van der Waals surface area contributed by atoms with Crippen molar-refractivity contribution >= 4 is 5.91 Å². The second-order valence-electron chi connectivity index (χ2n) is 16.2. The number of hydrogen-bond donors (Lipinski definition) is 3. The van der Waals surface area contributed by atoms with Gasteiger partial charge in [0.15, 0.2) is 0 Å². The van der Waals surface area contributed by atoms with Crippen molar-refractivity contribution in [3.8, 4) is 0 Å². The molecule has 0 aromatic heterocycles. The normalized spacial score (nSPS) is 13.2. The van der Waals surface area contributed by atoms with E-state index < -0.39 is 12.1 Å². The van der Waals surface area contributed by atoms with Gasteiger partial charge in [-0.1, -0.05) is 224 Å². The summed E-state index contributed by atoms with van der Waals surface area (Å²) in [7, 11) is 0. The summed E-state index contributed by atoms with van der Waals surface area (Å²) in [5.74, 6) is -0.0771. The minimum absolute atomic E-state index is 0.0771. The molecule has 0 spiro atoms. The van der Waals surface area contributed by atoms with E-state index in [9.17, 15) is 15.0 Å². The van der Waals surface area contributed by atoms with Crippen molar-refractivity contribution in [1.29, 1.82) is 0 Å². The van der Waals surface area contributed by atoms with E-state index in [0.29, 0.717) is 6.42 Å². The molecule has 0 saturated carbocycles. The molecule has 4 nitrogen and oxygen atoms in total. The minimum Gasteiger partial charge on any atom is -0.394 e. The lowest BCUT2D eigenvalue weighted by molar-refractivity contribution is -0.123. The molecule has 1 amide bonds. The molecule has 0 fully saturated rings. The molecule has 0 radical (unpaired) electrons. The molecule has 0 aliphatic carbocycles. The Morgan fingerprint density at radius 3 is 1.09 bits per heavy atom. The number of hydrogen-bond acceptors (Lipinski definition) is 3. The lowest BCUT2D eigenvalue weighted by atomic mass is 10.0. The van der Waals surface area contributed by atoms with E-state index in [1.54, 1.807) is 6.08 Å². The van der Waals surface area contributed by atoms with Crippen molar-refractivity contribution in [2.45, 2.75) is 264 Å². The molecule has 0 heterocycles. The third kappa shape index (κ3) is 41.6. The predicted octanol–water partition coefficient (Wildman–Crippen LogP) is 15.0. The van der Waals surface area contributed by atoms with Gasteiger partial charge in [-0.25, -0.2) is 0 Å². The third-order valence-electron chi connectivity index (χ3n) is 10.8. The Hall–Kier alpha value is -1.39. The Labute approximate surface area is 331 Å². The first kappa shape index (κ1) is 51.6. The van der Waals surface area contributed by atoms with Gasteiger partial charge in [0.05, 0.1) is 18.8 Å². The molecule has 0 aliphatic heterocycles. The first-order chi connectivity index (χ1) is 26.2. The second kappa shape index (κ2) is 45.0. The van der Waals surface area contributed by atoms with E-state index in [1.807, 2.05) is 6.08 Å². The fourth-order valence-corrected chi connectivity index (χ4v) is 7.19. The first-order valence-corrected chi connectivity index (χ1v) is 23.7. The minimum atomic E-state index is -0.863. The van der Waals surface area contributed by atoms with Crippen LogP contribution in [0.1, 0.15) is 251 Å². The summed E-state index contributed by atoms with van der Waals surface area (Å²) in [6.07, 6.45) is 59.8. The van der Waals surface area contributed by atoms with Crippen LogP contribution in [0.25, 0.3) is 0 Å². The van der Waals surface area contributed by atoms with Crippen LogP contribution in [0.5, 0.6) is 0 Å². The van der Waals surface area contributed by atoms with E-state index >= 15 is 0 Å². The van der Waals surface area contributed by atoms with Crippen LogP contribution in [0, 0.1) is 0 Å². The molecule has 0 bridgehead atoms. The van der Waals surface area contributed by atoms with Crippen molar-refractivity contribution < 1.29 is 15.0 Å². The number of carbonyl (C=O) groups is 1. The molecular weight excluding hydrogens is 651 g/mol. The lowest BCUT2D eigenvalue weighted by Crippen LogP contribution is -2.45. The highest BCUT2D eigenvalue weighted by Crippen LogP contribution is 2.15. The van der Waals surface area contributed by atoms with Crippen molar-refractivity contribution in [3.05, 3.63) is 36.5 Å². The Morgan fingerprint density at radius 2 is 0.736 bits per heavy atom. The summed E-state index contributed by atoms with van der Waals surface area (Å²) in [6.45, 7) is 4.31. The summed E-state index contributed by atoms with van der Waals surface area (Å²) in [6, 6.07) is -0.640. The average Bonchev–Trinajstić information content (AvgIpc) is 3.16. The second-order valence-corrected chi connectivity index (χ2v) is 16.2. The van der Waals surface area contributed by atoms with Crippen LogP contribution in [0.3, 0.4) is 0 Å². The maximum atomic E-state index is 12.4. The number of rotatable bonds is 43. The van der Waals surface area contributed by atoms with E-state index in [1.165, 1.54) is 199 Å². The summed E-state index contributed by atoms with van der Waals surface area (Å²) >= 11 is 0. The summed E-state index contributed by atoms with van der Waals surface area (Å²) in [5, 5.41) is 23.0. The number of allylic oxidation sites excluding steroid dienone is 5. The number of aliphatic hydroxyl groups is 2. The van der Waals surface area contributed by atoms with E-state index in [2.05, 4.69) is 43.5 Å². The van der Waals surface area contributed by atoms with Crippen LogP contribution < -0.4 is 5.32 Å². The monoisotopic (exact) mass is 744 g/mol. The molecule has 0 aromatic carbocycles. The topological polar surface area (TPSA) is 69.6 Å². The molecule has 2 atom stereocenters. The lowest BCUT2D eigenvalue weighted by Gasteiger charge is -2.19. The highest BCUT2D eigenvalue weighted by atomic mass is 16.3. The van der Waals surface area contributed by atoms with Gasteiger partial charge in [0.25, 0.3) is 0 Å². The number of aliphatic hydroxyl groups excluding tert-OH is 2. The molecule has 0 aromatic rings. The van der Waals surface area contributed by atoms with Crippen LogP contribution in [-0.4, -0.2) is 34.9 Å². The van der Waals surface area contributed by atoms with Gasteiger partial charge in [-0.15, -0.1) is 0 Å². The molecule has 2 unspecified atom stereocenters. The molecular formula is C49H93NO3. The van der Waals surface area contributed by atoms with Crippen LogP contribution in [0.15, 0.2) is 36.5 Å². The van der Waals surface area contributed by atoms with Gasteiger partial charge in [0.1, 0.15) is 0 Å². The van der Waals surface area contributed by atoms with Gasteiger partial charge in [-0.2, -0.15) is 0 Å². The average molecular weight is 744 g/mol. The fraction of sp³-hybridized carbons (Fsp3) is 0.857. The summed E-state index contributed by atoms with van der Waals surface area (Å²) in [4.78, 5) is 12.4. The van der Waals surface area contributed by atoms with Crippen LogP contribution >= 0.6 is 0 Å². The number of nitrogens with one attached hydrogen (secondary N) is 1. The fourth-order valence-electron chi connectivity index (χ4n) is 7.19. The highest BCUT2D eigenvalue weighted by Gasteiger charge is 2.17. The van der Waals surface area contributed by atoms with Crippen LogP contribution in [0.2, 0.25) is 0 Å². The third-order valence-corrected chi connectivity index (χ3v) is 10.8. The van der Waals surface area contributed by atoms with Gasteiger partial charge in [-0.3, -0.25) is 4.79 Å². The molecule has 53 heavy (non-hydrogen) atoms. The van der Waals surface area contributed by atoms with Gasteiger partial charge in [-0.05, 0) is 57.8 Å². The molecule has 4 heteroatoms. The zero-order chi connectivity index (χ0) is 38.6. The van der Waals surface area contributed by atoms with Crippen molar-refractivity contribution in [3.63, 3.8) is 0 Å².